The van der Waals surface area contributed by atoms with Gasteiger partial charge in [-0.1, -0.05) is 19.3 Å². The first-order chi connectivity index (χ1) is 17.6. The first-order valence-corrected chi connectivity index (χ1v) is 14.2. The van der Waals surface area contributed by atoms with E-state index < -0.39 is 5.41 Å². The lowest BCUT2D eigenvalue weighted by Gasteiger charge is -2.36. The third-order valence-corrected chi connectivity index (χ3v) is 8.72. The van der Waals surface area contributed by atoms with Gasteiger partial charge in [-0.15, -0.1) is 5.10 Å². The average Bonchev–Trinajstić information content (AvgIpc) is 3.54. The van der Waals surface area contributed by atoms with Gasteiger partial charge in [-0.3, -0.25) is 0 Å². The average molecular weight is 601 g/mol. The molecule has 3 aromatic heterocycles. The minimum Gasteiger partial charge on any atom is -0.377 e. The molecule has 190 valence electrons. The number of morpholine rings is 1. The van der Waals surface area contributed by atoms with Crippen LogP contribution in [-0.4, -0.2) is 56.8 Å². The Balaban J connectivity index is 1.57. The second kappa shape index (κ2) is 9.91. The highest BCUT2D eigenvalue weighted by Crippen LogP contribution is 2.43. The lowest BCUT2D eigenvalue weighted by molar-refractivity contribution is -0.0384. The number of halogens is 1. The summed E-state index contributed by atoms with van der Waals surface area (Å²) in [6.07, 6.45) is 9.89. The van der Waals surface area contributed by atoms with Crippen LogP contribution in [0.1, 0.15) is 70.1 Å². The number of aromatic nitrogens is 5. The van der Waals surface area contributed by atoms with Crippen molar-refractivity contribution in [2.75, 3.05) is 31.3 Å². The molecule has 3 fully saturated rings. The van der Waals surface area contributed by atoms with E-state index in [4.69, 9.17) is 19.6 Å². The Morgan fingerprint density at radius 3 is 2.78 bits per heavy atom. The van der Waals surface area contributed by atoms with Gasteiger partial charge >= 0.3 is 0 Å². The fraction of sp³-hybridized carbons (Fsp3) is 0.615. The van der Waals surface area contributed by atoms with Crippen LogP contribution in [-0.2, 0) is 14.9 Å². The van der Waals surface area contributed by atoms with Crippen molar-refractivity contribution in [2.24, 2.45) is 0 Å². The Labute approximate surface area is 224 Å². The molecule has 1 unspecified atom stereocenters. The minimum atomic E-state index is -0.531. The number of hydrogen-bond donors (Lipinski definition) is 0. The smallest absolute Gasteiger partial charge is 0.181 e. The van der Waals surface area contributed by atoms with Crippen molar-refractivity contribution in [1.82, 2.24) is 24.4 Å². The molecule has 0 spiro atoms. The van der Waals surface area contributed by atoms with Crippen LogP contribution < -0.4 is 4.90 Å². The summed E-state index contributed by atoms with van der Waals surface area (Å²) in [4.78, 5) is 7.34. The Bertz CT molecular complexity index is 1280. The fourth-order valence-electron chi connectivity index (χ4n) is 6.01. The van der Waals surface area contributed by atoms with Crippen molar-refractivity contribution in [3.63, 3.8) is 0 Å². The summed E-state index contributed by atoms with van der Waals surface area (Å²) in [5.41, 5.74) is 2.35. The Morgan fingerprint density at radius 1 is 1.17 bits per heavy atom. The predicted molar refractivity (Wildman–Crippen MR) is 144 cm³/mol. The molecule has 1 saturated carbocycles. The van der Waals surface area contributed by atoms with Gasteiger partial charge in [0, 0.05) is 24.9 Å². The van der Waals surface area contributed by atoms with E-state index in [9.17, 15) is 5.26 Å². The van der Waals surface area contributed by atoms with Crippen LogP contribution in [0, 0.1) is 15.0 Å². The van der Waals surface area contributed by atoms with Gasteiger partial charge in [-0.25, -0.2) is 14.2 Å². The van der Waals surface area contributed by atoms with Crippen molar-refractivity contribution < 1.29 is 9.47 Å². The molecule has 0 N–H and O–H groups in total. The molecule has 9 nitrogen and oxygen atoms in total. The van der Waals surface area contributed by atoms with Crippen LogP contribution in [0.5, 0.6) is 0 Å². The monoisotopic (exact) mass is 601 g/mol. The van der Waals surface area contributed by atoms with Crippen LogP contribution in [0.2, 0.25) is 0 Å². The number of ether oxygens (including phenoxy) is 2. The molecule has 6 rings (SSSR count). The molecule has 2 aliphatic heterocycles. The van der Waals surface area contributed by atoms with E-state index in [1.165, 1.54) is 6.42 Å². The number of imidazole rings is 1. The van der Waals surface area contributed by atoms with Gasteiger partial charge in [0.25, 0.3) is 0 Å². The third-order valence-electron chi connectivity index (χ3n) is 7.97. The number of nitrogens with zero attached hydrogens (tertiary/aromatic N) is 7. The minimum absolute atomic E-state index is 0.0977. The van der Waals surface area contributed by atoms with E-state index in [-0.39, 0.29) is 12.3 Å². The second-order valence-corrected chi connectivity index (χ2v) is 11.3. The van der Waals surface area contributed by atoms with Crippen LogP contribution in [0.15, 0.2) is 18.3 Å². The number of nitriles is 1. The molecule has 0 amide bonds. The van der Waals surface area contributed by atoms with Crippen molar-refractivity contribution in [3.05, 3.63) is 27.6 Å². The second-order valence-electron chi connectivity index (χ2n) is 10.3. The highest BCUT2D eigenvalue weighted by Gasteiger charge is 2.39. The fourth-order valence-corrected chi connectivity index (χ4v) is 6.76. The van der Waals surface area contributed by atoms with Crippen LogP contribution >= 0.6 is 22.6 Å². The molecule has 10 heteroatoms. The lowest BCUT2D eigenvalue weighted by atomic mass is 9.70. The van der Waals surface area contributed by atoms with E-state index in [0.717, 1.165) is 90.2 Å². The highest BCUT2D eigenvalue weighted by atomic mass is 127. The Morgan fingerprint density at radius 2 is 2.03 bits per heavy atom. The van der Waals surface area contributed by atoms with E-state index in [1.807, 2.05) is 21.5 Å². The van der Waals surface area contributed by atoms with Crippen molar-refractivity contribution in [2.45, 2.75) is 76.0 Å². The molecule has 0 radical (unpaired) electrons. The van der Waals surface area contributed by atoms with Crippen LogP contribution in [0.25, 0.3) is 17.0 Å². The zero-order valence-electron chi connectivity index (χ0n) is 20.7. The molecule has 2 atom stereocenters. The number of anilines is 1. The zero-order valence-corrected chi connectivity index (χ0v) is 22.9. The molecule has 36 heavy (non-hydrogen) atoms. The number of fused-ring (bicyclic) bond motifs is 1. The van der Waals surface area contributed by atoms with E-state index in [1.54, 1.807) is 0 Å². The van der Waals surface area contributed by atoms with Gasteiger partial charge in [0.2, 0.25) is 0 Å². The topological polar surface area (TPSA) is 93.5 Å². The molecular weight excluding hydrogens is 569 g/mol. The van der Waals surface area contributed by atoms with E-state index >= 15 is 0 Å². The zero-order chi connectivity index (χ0) is 24.7. The van der Waals surface area contributed by atoms with Gasteiger partial charge in [-0.05, 0) is 73.8 Å². The Kier molecular flexibility index (Phi) is 6.64. The van der Waals surface area contributed by atoms with Crippen molar-refractivity contribution in [3.8, 4) is 17.6 Å². The van der Waals surface area contributed by atoms with Gasteiger partial charge in [0.15, 0.2) is 12.1 Å². The summed E-state index contributed by atoms with van der Waals surface area (Å²) in [6.45, 7) is 5.02. The molecule has 1 aliphatic carbocycles. The van der Waals surface area contributed by atoms with Gasteiger partial charge in [0.05, 0.1) is 30.7 Å². The summed E-state index contributed by atoms with van der Waals surface area (Å²) in [5, 5.41) is 20.3. The maximum atomic E-state index is 10.5. The Hall–Kier alpha value is -2.23. The van der Waals surface area contributed by atoms with Crippen LogP contribution in [0.3, 0.4) is 0 Å². The molecule has 0 bridgehead atoms. The summed E-state index contributed by atoms with van der Waals surface area (Å²) in [7, 11) is 0. The van der Waals surface area contributed by atoms with Crippen LogP contribution in [0.4, 0.5) is 5.82 Å². The summed E-state index contributed by atoms with van der Waals surface area (Å²) in [6, 6.07) is 7.11. The van der Waals surface area contributed by atoms with Gasteiger partial charge in [0.1, 0.15) is 20.7 Å². The normalized spacial score (nSPS) is 24.6. The molecule has 2 saturated heterocycles. The highest BCUT2D eigenvalue weighted by molar-refractivity contribution is 14.1. The maximum Gasteiger partial charge on any atom is 0.181 e. The van der Waals surface area contributed by atoms with E-state index in [0.29, 0.717) is 13.2 Å². The first kappa shape index (κ1) is 24.1. The summed E-state index contributed by atoms with van der Waals surface area (Å²) in [5.74, 6) is 1.62. The summed E-state index contributed by atoms with van der Waals surface area (Å²) < 4.78 is 16.6. The maximum absolute atomic E-state index is 10.5. The molecule has 5 heterocycles. The van der Waals surface area contributed by atoms with Gasteiger partial charge < -0.3 is 14.4 Å². The summed E-state index contributed by atoms with van der Waals surface area (Å²) >= 11 is 2.31. The molecular formula is C26H32IN7O2. The van der Waals surface area contributed by atoms with Crippen molar-refractivity contribution >= 4 is 33.9 Å². The SMILES string of the molecule is C[C@@H]1COCCN1c1cc(C2(C#N)CCCCC2)c2c(I)nc(-c3ccnn3C3CCCCO3)n2n1. The predicted octanol–water partition coefficient (Wildman–Crippen LogP) is 4.85. The standard InChI is InChI=1S/C26H32IN7O2/c1-18-16-35-14-12-32(18)21-15-19(26(17-28)9-4-2-5-10-26)23-24(27)30-25(34(23)31-21)20-8-11-29-33(20)22-7-3-6-13-36-22/h8,11,15,18,22H,2-7,9-10,12-14,16H2,1H3/t18-,22?/m1/s1. The van der Waals surface area contributed by atoms with Gasteiger partial charge in [-0.2, -0.15) is 10.4 Å². The third kappa shape index (κ3) is 4.09. The lowest BCUT2D eigenvalue weighted by Crippen LogP contribution is -2.44. The van der Waals surface area contributed by atoms with Crippen molar-refractivity contribution in [1.29, 1.82) is 5.26 Å². The number of rotatable bonds is 4. The van der Waals surface area contributed by atoms with E-state index in [2.05, 4.69) is 51.6 Å². The first-order valence-electron chi connectivity index (χ1n) is 13.1. The quantitative estimate of drug-likeness (QED) is 0.395. The molecule has 0 aromatic carbocycles. The molecule has 3 aliphatic rings. The molecule has 3 aromatic rings. The largest absolute Gasteiger partial charge is 0.377 e. The number of hydrogen-bond acceptors (Lipinski definition) is 7.